The molecule has 2 aromatic carbocycles. The molecule has 1 spiro atoms. The number of nitrogens with zero attached hydrogens (tertiary/aromatic N) is 1. The van der Waals surface area contributed by atoms with Gasteiger partial charge in [0.15, 0.2) is 11.6 Å². The second kappa shape index (κ2) is 7.75. The van der Waals surface area contributed by atoms with Crippen LogP contribution in [0.2, 0.25) is 10.0 Å². The second-order valence-electron chi connectivity index (χ2n) is 7.47. The van der Waals surface area contributed by atoms with Crippen molar-refractivity contribution in [2.45, 2.75) is 18.4 Å². The first-order chi connectivity index (χ1) is 14.9. The van der Waals surface area contributed by atoms with E-state index in [1.165, 1.54) is 17.0 Å². The highest BCUT2D eigenvalue weighted by Crippen LogP contribution is 2.44. The van der Waals surface area contributed by atoms with Gasteiger partial charge in [-0.2, -0.15) is 13.2 Å². The molecule has 1 N–H and O–H groups in total. The van der Waals surface area contributed by atoms with Crippen LogP contribution in [0.5, 0.6) is 0 Å². The summed E-state index contributed by atoms with van der Waals surface area (Å²) in [4.78, 5) is 24.9. The van der Waals surface area contributed by atoms with Crippen LogP contribution in [0.1, 0.15) is 27.0 Å². The number of alkyl halides is 3. The van der Waals surface area contributed by atoms with Crippen LogP contribution in [0.3, 0.4) is 0 Å². The summed E-state index contributed by atoms with van der Waals surface area (Å²) in [6, 6.07) is 5.84. The van der Waals surface area contributed by atoms with E-state index in [9.17, 15) is 27.2 Å². The molecule has 5 nitrogen and oxygen atoms in total. The fourth-order valence-electron chi connectivity index (χ4n) is 3.83. The van der Waals surface area contributed by atoms with Gasteiger partial charge < -0.3 is 14.7 Å². The number of benzene rings is 2. The topological polar surface area (TPSA) is 66.8 Å². The smallest absolute Gasteiger partial charge is 0.417 e. The molecule has 168 valence electrons. The van der Waals surface area contributed by atoms with E-state index in [2.05, 4.69) is 0 Å². The van der Waals surface area contributed by atoms with Crippen molar-refractivity contribution < 1.29 is 37.0 Å². The fraction of sp³-hybridized carbons (Fsp3) is 0.238. The molecule has 0 unspecified atom stereocenters. The van der Waals surface area contributed by atoms with Gasteiger partial charge in [0.05, 0.1) is 35.3 Å². The Balaban J connectivity index is 1.66. The second-order valence-corrected chi connectivity index (χ2v) is 8.28. The first-order valence-corrected chi connectivity index (χ1v) is 9.90. The molecule has 1 fully saturated rings. The minimum absolute atomic E-state index is 0.0140. The SMILES string of the molecule is O=C(/C=C(\c1cc(Cl)c(F)c(Cl)c1)C(F)(F)F)c1ccc2c(c1)COC21CN(C(=O)O)C1. The van der Waals surface area contributed by atoms with Crippen LogP contribution in [-0.2, 0) is 16.9 Å². The molecular weight excluding hydrogens is 477 g/mol. The first-order valence-electron chi connectivity index (χ1n) is 9.15. The maximum absolute atomic E-state index is 13.6. The molecule has 0 radical (unpaired) electrons. The van der Waals surface area contributed by atoms with Crippen molar-refractivity contribution in [1.29, 1.82) is 0 Å². The molecule has 11 heteroatoms. The Bertz CT molecular complexity index is 1150. The number of ether oxygens (including phenoxy) is 1. The summed E-state index contributed by atoms with van der Waals surface area (Å²) in [5.74, 6) is -1.99. The van der Waals surface area contributed by atoms with Crippen LogP contribution in [0, 0.1) is 5.82 Å². The van der Waals surface area contributed by atoms with Gasteiger partial charge in [-0.1, -0.05) is 35.3 Å². The van der Waals surface area contributed by atoms with Crippen LogP contribution in [0.25, 0.3) is 5.57 Å². The van der Waals surface area contributed by atoms with Gasteiger partial charge in [-0.3, -0.25) is 4.79 Å². The number of allylic oxidation sites excluding steroid dienone is 2. The highest BCUT2D eigenvalue weighted by Gasteiger charge is 2.51. The minimum Gasteiger partial charge on any atom is -0.465 e. The zero-order chi connectivity index (χ0) is 23.4. The van der Waals surface area contributed by atoms with Gasteiger partial charge in [0.2, 0.25) is 0 Å². The Kier molecular flexibility index (Phi) is 5.47. The van der Waals surface area contributed by atoms with Gasteiger partial charge in [0.25, 0.3) is 0 Å². The van der Waals surface area contributed by atoms with Gasteiger partial charge in [0, 0.05) is 5.56 Å². The summed E-state index contributed by atoms with van der Waals surface area (Å²) in [6.45, 7) is 0.364. The number of likely N-dealkylation sites (tertiary alicyclic amines) is 1. The molecule has 2 aliphatic heterocycles. The van der Waals surface area contributed by atoms with E-state index in [1.54, 1.807) is 6.07 Å². The van der Waals surface area contributed by atoms with Crippen molar-refractivity contribution in [3.63, 3.8) is 0 Å². The Morgan fingerprint density at radius 3 is 2.28 bits per heavy atom. The van der Waals surface area contributed by atoms with Crippen molar-refractivity contribution in [2.24, 2.45) is 0 Å². The highest BCUT2D eigenvalue weighted by atomic mass is 35.5. The average Bonchev–Trinajstić information content (AvgIpc) is 3.06. The lowest BCUT2D eigenvalue weighted by Crippen LogP contribution is -2.60. The van der Waals surface area contributed by atoms with Crippen molar-refractivity contribution in [1.82, 2.24) is 4.90 Å². The van der Waals surface area contributed by atoms with E-state index in [4.69, 9.17) is 33.0 Å². The predicted molar refractivity (Wildman–Crippen MR) is 107 cm³/mol. The quantitative estimate of drug-likeness (QED) is 0.260. The molecule has 32 heavy (non-hydrogen) atoms. The van der Waals surface area contributed by atoms with Gasteiger partial charge >= 0.3 is 12.3 Å². The van der Waals surface area contributed by atoms with Crippen LogP contribution in [0.4, 0.5) is 22.4 Å². The number of ketones is 1. The molecule has 0 atom stereocenters. The van der Waals surface area contributed by atoms with Gasteiger partial charge in [-0.05, 0) is 41.0 Å². The van der Waals surface area contributed by atoms with E-state index < -0.39 is 50.7 Å². The number of carboxylic acid groups (broad SMARTS) is 1. The van der Waals surface area contributed by atoms with Crippen LogP contribution < -0.4 is 0 Å². The molecule has 2 aliphatic rings. The lowest BCUT2D eigenvalue weighted by Gasteiger charge is -2.45. The summed E-state index contributed by atoms with van der Waals surface area (Å²) in [7, 11) is 0. The fourth-order valence-corrected chi connectivity index (χ4v) is 4.31. The largest absolute Gasteiger partial charge is 0.465 e. The van der Waals surface area contributed by atoms with E-state index in [-0.39, 0.29) is 25.3 Å². The predicted octanol–water partition coefficient (Wildman–Crippen LogP) is 5.68. The Hall–Kier alpha value is -2.62. The van der Waals surface area contributed by atoms with Crippen LogP contribution in [-0.4, -0.2) is 41.1 Å². The lowest BCUT2D eigenvalue weighted by molar-refractivity contribution is -0.129. The minimum atomic E-state index is -4.93. The normalized spacial score (nSPS) is 17.3. The zero-order valence-corrected chi connectivity index (χ0v) is 17.5. The molecule has 0 bridgehead atoms. The third-order valence-corrected chi connectivity index (χ3v) is 5.97. The summed E-state index contributed by atoms with van der Waals surface area (Å²) in [5.41, 5.74) is -1.40. The number of amides is 1. The number of fused-ring (bicyclic) bond motifs is 2. The monoisotopic (exact) mass is 489 g/mol. The van der Waals surface area contributed by atoms with E-state index >= 15 is 0 Å². The van der Waals surface area contributed by atoms with Gasteiger partial charge in [-0.25, -0.2) is 9.18 Å². The highest BCUT2D eigenvalue weighted by molar-refractivity contribution is 6.35. The molecule has 0 aromatic heterocycles. The van der Waals surface area contributed by atoms with Crippen molar-refractivity contribution >= 4 is 40.7 Å². The lowest BCUT2D eigenvalue weighted by atomic mass is 9.84. The van der Waals surface area contributed by atoms with Crippen LogP contribution >= 0.6 is 23.2 Å². The summed E-state index contributed by atoms with van der Waals surface area (Å²) >= 11 is 11.2. The maximum Gasteiger partial charge on any atom is 0.417 e. The molecular formula is C21H13Cl2F4NO4. The summed E-state index contributed by atoms with van der Waals surface area (Å²) in [6.07, 6.45) is -5.61. The average molecular weight is 490 g/mol. The number of carbonyl (C=O) groups excluding carboxylic acids is 1. The molecule has 0 saturated carbocycles. The summed E-state index contributed by atoms with van der Waals surface area (Å²) < 4.78 is 60.3. The first kappa shape index (κ1) is 22.6. The zero-order valence-electron chi connectivity index (χ0n) is 16.0. The summed E-state index contributed by atoms with van der Waals surface area (Å²) in [5, 5.41) is 7.81. The number of halogens is 6. The number of hydrogen-bond acceptors (Lipinski definition) is 3. The van der Waals surface area contributed by atoms with Crippen molar-refractivity contribution in [2.75, 3.05) is 13.1 Å². The maximum atomic E-state index is 13.6. The molecule has 4 rings (SSSR count). The molecule has 0 aliphatic carbocycles. The van der Waals surface area contributed by atoms with Gasteiger partial charge in [0.1, 0.15) is 5.60 Å². The third-order valence-electron chi connectivity index (χ3n) is 5.42. The number of carbonyl (C=O) groups is 2. The Morgan fingerprint density at radius 2 is 1.72 bits per heavy atom. The standard InChI is InChI=1S/C21H13Cl2F4NO4/c22-15-4-11(5-16(23)18(15)24)14(21(25,26)27)6-17(29)10-1-2-13-12(3-10)7-32-20(13)8-28(9-20)19(30)31/h1-6H,7-9H2,(H,30,31)/b14-6+. The Labute approximate surface area is 188 Å². The Morgan fingerprint density at radius 1 is 1.09 bits per heavy atom. The van der Waals surface area contributed by atoms with Crippen LogP contribution in [0.15, 0.2) is 36.4 Å². The van der Waals surface area contributed by atoms with E-state index in [0.717, 1.165) is 12.1 Å². The number of hydrogen-bond donors (Lipinski definition) is 1. The van der Waals surface area contributed by atoms with E-state index in [0.29, 0.717) is 17.2 Å². The third kappa shape index (κ3) is 3.85. The number of rotatable bonds is 3. The van der Waals surface area contributed by atoms with Crippen molar-refractivity contribution in [3.8, 4) is 0 Å². The molecule has 2 aromatic rings. The van der Waals surface area contributed by atoms with Crippen molar-refractivity contribution in [3.05, 3.63) is 74.5 Å². The molecule has 1 saturated heterocycles. The van der Waals surface area contributed by atoms with E-state index in [1.807, 2.05) is 0 Å². The van der Waals surface area contributed by atoms with Gasteiger partial charge in [-0.15, -0.1) is 0 Å². The molecule has 1 amide bonds. The molecule has 2 heterocycles.